The Morgan fingerprint density at radius 2 is 1.53 bits per heavy atom. The maximum absolute atomic E-state index is 11.4. The fraction of sp³-hybridized carbons (Fsp3) is 0.375. The van der Waals surface area contributed by atoms with Gasteiger partial charge in [0.2, 0.25) is 11.8 Å². The zero-order chi connectivity index (χ0) is 11.3. The van der Waals surface area contributed by atoms with Crippen LogP contribution in [0.2, 0.25) is 0 Å². The Morgan fingerprint density at radius 3 is 1.87 bits per heavy atom. The number of carbonyl (C=O) groups excluding carboxylic acids is 3. The van der Waals surface area contributed by atoms with Crippen LogP contribution in [0.4, 0.5) is 4.79 Å². The topological polar surface area (TPSA) is 123 Å². The minimum absolute atomic E-state index is 0.169. The third kappa shape index (κ3) is 0.796. The highest BCUT2D eigenvalue weighted by Crippen LogP contribution is 2.64. The molecule has 74 valence electrons. The van der Waals surface area contributed by atoms with Crippen LogP contribution < -0.4 is 10.6 Å². The highest BCUT2D eigenvalue weighted by Gasteiger charge is 2.80. The maximum Gasteiger partial charge on any atom is 0.328 e. The molecular weight excluding hydrogens is 200 g/mol. The summed E-state index contributed by atoms with van der Waals surface area (Å²) in [6.45, 7) is 0. The minimum Gasteiger partial charge on any atom is -0.277 e. The number of nitriles is 2. The molecular formula is C8H4N4O3. The molecule has 1 aliphatic carbocycles. The monoisotopic (exact) mass is 204 g/mol. The van der Waals surface area contributed by atoms with Crippen LogP contribution in [0.3, 0.4) is 0 Å². The van der Waals surface area contributed by atoms with Crippen molar-refractivity contribution in [3.05, 3.63) is 0 Å². The van der Waals surface area contributed by atoms with E-state index in [1.54, 1.807) is 12.1 Å². The number of carbonyl (C=O) groups is 3. The van der Waals surface area contributed by atoms with Crippen LogP contribution in [-0.4, -0.2) is 17.8 Å². The number of barbiturate groups is 1. The normalized spacial score (nSPS) is 24.8. The molecule has 0 radical (unpaired) electrons. The molecule has 1 heterocycles. The number of hydrogen-bond acceptors (Lipinski definition) is 5. The summed E-state index contributed by atoms with van der Waals surface area (Å²) in [6.07, 6.45) is -0.169. The SMILES string of the molecule is N#CC1(C#N)CC12C(=O)NC(=O)NC2=O. The van der Waals surface area contributed by atoms with Gasteiger partial charge in [-0.05, 0) is 0 Å². The van der Waals surface area contributed by atoms with Crippen LogP contribution in [0.15, 0.2) is 0 Å². The summed E-state index contributed by atoms with van der Waals surface area (Å²) in [4.78, 5) is 33.6. The van der Waals surface area contributed by atoms with E-state index in [1.807, 2.05) is 10.6 Å². The Labute approximate surface area is 83.7 Å². The van der Waals surface area contributed by atoms with Gasteiger partial charge in [0.15, 0.2) is 10.8 Å². The fourth-order valence-corrected chi connectivity index (χ4v) is 1.75. The minimum atomic E-state index is -1.70. The lowest BCUT2D eigenvalue weighted by Gasteiger charge is -2.20. The smallest absolute Gasteiger partial charge is 0.277 e. The number of amides is 4. The molecule has 2 aliphatic rings. The summed E-state index contributed by atoms with van der Waals surface area (Å²) in [7, 11) is 0. The van der Waals surface area contributed by atoms with Gasteiger partial charge >= 0.3 is 6.03 Å². The van der Waals surface area contributed by atoms with Gasteiger partial charge in [0, 0.05) is 6.42 Å². The molecule has 1 spiro atoms. The first kappa shape index (κ1) is 9.16. The largest absolute Gasteiger partial charge is 0.328 e. The van der Waals surface area contributed by atoms with E-state index in [-0.39, 0.29) is 6.42 Å². The Bertz CT molecular complexity index is 447. The molecule has 4 amide bonds. The van der Waals surface area contributed by atoms with Crippen LogP contribution in [-0.2, 0) is 9.59 Å². The van der Waals surface area contributed by atoms with Crippen molar-refractivity contribution in [1.29, 1.82) is 10.5 Å². The van der Waals surface area contributed by atoms with Gasteiger partial charge in [0.25, 0.3) is 0 Å². The second-order valence-electron chi connectivity index (χ2n) is 3.45. The average molecular weight is 204 g/mol. The predicted octanol–water partition coefficient (Wildman–Crippen LogP) is -1.22. The first-order valence-electron chi connectivity index (χ1n) is 4.02. The molecule has 0 aromatic carbocycles. The number of hydrogen-bond donors (Lipinski definition) is 2. The standard InChI is InChI=1S/C8H4N4O3/c9-2-7(3-10)1-8(7)4(13)11-6(15)12-5(8)14/h1H2,(H2,11,12,13,14,15). The number of imide groups is 2. The van der Waals surface area contributed by atoms with Crippen LogP contribution >= 0.6 is 0 Å². The summed E-state index contributed by atoms with van der Waals surface area (Å²) in [5, 5.41) is 21.3. The van der Waals surface area contributed by atoms with Crippen molar-refractivity contribution in [2.45, 2.75) is 6.42 Å². The molecule has 15 heavy (non-hydrogen) atoms. The van der Waals surface area contributed by atoms with Crippen molar-refractivity contribution in [3.8, 4) is 12.1 Å². The van der Waals surface area contributed by atoms with E-state index in [0.29, 0.717) is 0 Å². The highest BCUT2D eigenvalue weighted by atomic mass is 16.2. The van der Waals surface area contributed by atoms with E-state index in [1.165, 1.54) is 0 Å². The summed E-state index contributed by atoms with van der Waals surface area (Å²) in [5.41, 5.74) is -3.34. The van der Waals surface area contributed by atoms with E-state index in [9.17, 15) is 14.4 Å². The third-order valence-corrected chi connectivity index (χ3v) is 2.74. The number of rotatable bonds is 0. The molecule has 0 bridgehead atoms. The predicted molar refractivity (Wildman–Crippen MR) is 42.4 cm³/mol. The lowest BCUT2D eigenvalue weighted by Crippen LogP contribution is -2.58. The maximum atomic E-state index is 11.4. The molecule has 2 fully saturated rings. The zero-order valence-corrected chi connectivity index (χ0v) is 7.33. The molecule has 0 aromatic rings. The van der Waals surface area contributed by atoms with E-state index in [4.69, 9.17) is 10.5 Å². The third-order valence-electron chi connectivity index (χ3n) is 2.74. The molecule has 1 saturated heterocycles. The number of nitrogens with one attached hydrogen (secondary N) is 2. The summed E-state index contributed by atoms with van der Waals surface area (Å²) in [6, 6.07) is 2.36. The summed E-state index contributed by atoms with van der Waals surface area (Å²) in [5.74, 6) is -1.75. The van der Waals surface area contributed by atoms with Crippen LogP contribution in [0.5, 0.6) is 0 Å². The lowest BCUT2D eigenvalue weighted by molar-refractivity contribution is -0.138. The van der Waals surface area contributed by atoms with Gasteiger partial charge in [0.1, 0.15) is 0 Å². The summed E-state index contributed by atoms with van der Waals surface area (Å²) < 4.78 is 0. The van der Waals surface area contributed by atoms with Gasteiger partial charge in [-0.15, -0.1) is 0 Å². The number of urea groups is 1. The van der Waals surface area contributed by atoms with Crippen LogP contribution in [0.1, 0.15) is 6.42 Å². The van der Waals surface area contributed by atoms with E-state index >= 15 is 0 Å². The molecule has 1 saturated carbocycles. The molecule has 0 unspecified atom stereocenters. The quantitative estimate of drug-likeness (QED) is 0.478. The fourth-order valence-electron chi connectivity index (χ4n) is 1.75. The molecule has 7 heteroatoms. The van der Waals surface area contributed by atoms with Gasteiger partial charge in [-0.3, -0.25) is 20.2 Å². The van der Waals surface area contributed by atoms with E-state index < -0.39 is 28.7 Å². The lowest BCUT2D eigenvalue weighted by atomic mass is 9.92. The van der Waals surface area contributed by atoms with Crippen molar-refractivity contribution >= 4 is 17.8 Å². The zero-order valence-electron chi connectivity index (χ0n) is 7.33. The van der Waals surface area contributed by atoms with Gasteiger partial charge in [-0.2, -0.15) is 10.5 Å². The molecule has 0 aromatic heterocycles. The molecule has 0 atom stereocenters. The van der Waals surface area contributed by atoms with Gasteiger partial charge in [0.05, 0.1) is 12.1 Å². The second-order valence-corrected chi connectivity index (χ2v) is 3.45. The Kier molecular flexibility index (Phi) is 1.43. The van der Waals surface area contributed by atoms with Crippen molar-refractivity contribution in [2.75, 3.05) is 0 Å². The van der Waals surface area contributed by atoms with Gasteiger partial charge in [-0.1, -0.05) is 0 Å². The van der Waals surface area contributed by atoms with Gasteiger partial charge in [-0.25, -0.2) is 4.79 Å². The van der Waals surface area contributed by atoms with Crippen molar-refractivity contribution in [3.63, 3.8) is 0 Å². The van der Waals surface area contributed by atoms with Crippen LogP contribution in [0, 0.1) is 33.5 Å². The molecule has 2 N–H and O–H groups in total. The second kappa shape index (κ2) is 2.34. The van der Waals surface area contributed by atoms with E-state index in [2.05, 4.69) is 0 Å². The Balaban J connectivity index is 2.46. The first-order valence-corrected chi connectivity index (χ1v) is 4.02. The number of nitrogens with zero attached hydrogens (tertiary/aromatic N) is 2. The average Bonchev–Trinajstić information content (AvgIpc) is 2.86. The van der Waals surface area contributed by atoms with Gasteiger partial charge < -0.3 is 0 Å². The highest BCUT2D eigenvalue weighted by molar-refractivity contribution is 6.22. The van der Waals surface area contributed by atoms with Crippen molar-refractivity contribution < 1.29 is 14.4 Å². The Morgan fingerprint density at radius 1 is 1.07 bits per heavy atom. The van der Waals surface area contributed by atoms with Crippen LogP contribution in [0.25, 0.3) is 0 Å². The van der Waals surface area contributed by atoms with Crippen molar-refractivity contribution in [2.24, 2.45) is 10.8 Å². The molecule has 7 nitrogen and oxygen atoms in total. The molecule has 1 aliphatic heterocycles. The molecule has 2 rings (SSSR count). The van der Waals surface area contributed by atoms with Crippen molar-refractivity contribution in [1.82, 2.24) is 10.6 Å². The van der Waals surface area contributed by atoms with E-state index in [0.717, 1.165) is 0 Å². The summed E-state index contributed by atoms with van der Waals surface area (Å²) >= 11 is 0. The Hall–Kier alpha value is -2.41. The first-order chi connectivity index (χ1) is 7.02.